The largest absolute Gasteiger partial charge is 0.481 e. The fourth-order valence-corrected chi connectivity index (χ4v) is 3.61. The zero-order valence-corrected chi connectivity index (χ0v) is 12.8. The monoisotopic (exact) mass is 316 g/mol. The van der Waals surface area contributed by atoms with Crippen molar-refractivity contribution in [2.24, 2.45) is 5.92 Å². The van der Waals surface area contributed by atoms with E-state index in [0.717, 1.165) is 25.3 Å². The van der Waals surface area contributed by atoms with Crippen molar-refractivity contribution in [2.45, 2.75) is 37.8 Å². The van der Waals surface area contributed by atoms with Crippen LogP contribution < -0.4 is 0 Å². The van der Waals surface area contributed by atoms with Crippen molar-refractivity contribution < 1.29 is 9.90 Å². The first-order valence-corrected chi connectivity index (χ1v) is 8.01. The van der Waals surface area contributed by atoms with Gasteiger partial charge in [-0.05, 0) is 18.8 Å². The molecule has 0 unspecified atom stereocenters. The number of carboxylic acid groups (broad SMARTS) is 1. The Labute approximate surface area is 133 Å². The van der Waals surface area contributed by atoms with E-state index in [0.29, 0.717) is 6.04 Å². The molecule has 1 aliphatic heterocycles. The second-order valence-corrected chi connectivity index (χ2v) is 6.58. The first-order chi connectivity index (χ1) is 11.2. The first-order valence-electron chi connectivity index (χ1n) is 8.01. The van der Waals surface area contributed by atoms with Gasteiger partial charge in [0.05, 0.1) is 30.3 Å². The van der Waals surface area contributed by atoms with Gasteiger partial charge in [-0.15, -0.1) is 0 Å². The molecule has 0 amide bonds. The number of imidazole rings is 1. The van der Waals surface area contributed by atoms with Crippen molar-refractivity contribution >= 4 is 5.97 Å². The third-order valence-corrected chi connectivity index (χ3v) is 4.84. The number of nitrogens with one attached hydrogen (secondary N) is 1. The van der Waals surface area contributed by atoms with Crippen LogP contribution in [-0.4, -0.2) is 54.0 Å². The van der Waals surface area contributed by atoms with Gasteiger partial charge in [-0.25, -0.2) is 4.98 Å². The maximum absolute atomic E-state index is 11.2. The molecule has 122 valence electrons. The summed E-state index contributed by atoms with van der Waals surface area (Å²) >= 11 is 0. The van der Waals surface area contributed by atoms with Crippen molar-refractivity contribution in [3.63, 3.8) is 0 Å². The van der Waals surface area contributed by atoms with Crippen LogP contribution in [0.4, 0.5) is 0 Å². The van der Waals surface area contributed by atoms with E-state index >= 15 is 0 Å². The van der Waals surface area contributed by atoms with Gasteiger partial charge in [0.25, 0.3) is 0 Å². The van der Waals surface area contributed by atoms with Crippen LogP contribution in [0.1, 0.15) is 42.6 Å². The van der Waals surface area contributed by atoms with Crippen molar-refractivity contribution in [2.75, 3.05) is 13.1 Å². The molecule has 1 saturated carbocycles. The summed E-state index contributed by atoms with van der Waals surface area (Å²) in [5.74, 6) is -0.578. The Hall–Kier alpha value is -2.22. The van der Waals surface area contributed by atoms with Crippen LogP contribution in [0.2, 0.25) is 0 Å². The fraction of sp³-hybridized carbons (Fsp3) is 0.600. The summed E-state index contributed by atoms with van der Waals surface area (Å²) in [4.78, 5) is 17.8. The molecule has 0 bridgehead atoms. The average molecular weight is 316 g/mol. The zero-order valence-electron chi connectivity index (χ0n) is 12.8. The minimum Gasteiger partial charge on any atom is -0.481 e. The summed E-state index contributed by atoms with van der Waals surface area (Å²) in [6.07, 6.45) is 8.16. The van der Waals surface area contributed by atoms with E-state index in [2.05, 4.69) is 29.9 Å². The number of aromatic amines is 1. The molecule has 0 spiro atoms. The predicted octanol–water partition coefficient (Wildman–Crippen LogP) is 1.03. The van der Waals surface area contributed by atoms with Crippen LogP contribution in [0, 0.1) is 5.92 Å². The maximum atomic E-state index is 11.2. The van der Waals surface area contributed by atoms with Crippen LogP contribution in [0.25, 0.3) is 0 Å². The van der Waals surface area contributed by atoms with E-state index < -0.39 is 5.97 Å². The molecular formula is C15H20N6O2. The van der Waals surface area contributed by atoms with E-state index in [4.69, 9.17) is 0 Å². The molecular weight excluding hydrogens is 296 g/mol. The highest BCUT2D eigenvalue weighted by molar-refractivity contribution is 5.67. The summed E-state index contributed by atoms with van der Waals surface area (Å²) in [6, 6.07) is 0.608. The minimum atomic E-state index is -0.756. The zero-order chi connectivity index (χ0) is 15.8. The van der Waals surface area contributed by atoms with E-state index in [9.17, 15) is 9.90 Å². The molecule has 23 heavy (non-hydrogen) atoms. The molecule has 2 aliphatic rings. The number of carboxylic acids is 1. The van der Waals surface area contributed by atoms with Crippen molar-refractivity contribution in [1.29, 1.82) is 0 Å². The van der Waals surface area contributed by atoms with Gasteiger partial charge in [0.1, 0.15) is 0 Å². The third kappa shape index (κ3) is 2.98. The molecule has 4 rings (SSSR count). The number of hydrogen-bond donors (Lipinski definition) is 2. The van der Waals surface area contributed by atoms with Crippen LogP contribution in [0.5, 0.6) is 0 Å². The molecule has 1 saturated heterocycles. The fourth-order valence-electron chi connectivity index (χ4n) is 3.61. The molecule has 2 aromatic heterocycles. The Kier molecular flexibility index (Phi) is 3.60. The first kappa shape index (κ1) is 14.4. The number of aliphatic carboxylic acids is 1. The molecule has 8 nitrogen and oxygen atoms in total. The molecule has 2 aromatic rings. The van der Waals surface area contributed by atoms with Crippen LogP contribution in [-0.2, 0) is 11.3 Å². The summed E-state index contributed by atoms with van der Waals surface area (Å²) in [5, 5.41) is 19.9. The van der Waals surface area contributed by atoms with E-state index in [1.165, 1.54) is 18.5 Å². The van der Waals surface area contributed by atoms with E-state index in [1.807, 2.05) is 12.5 Å². The Morgan fingerprint density at radius 3 is 2.91 bits per heavy atom. The van der Waals surface area contributed by atoms with E-state index in [-0.39, 0.29) is 18.3 Å². The lowest BCUT2D eigenvalue weighted by Gasteiger charge is -2.16. The van der Waals surface area contributed by atoms with Gasteiger partial charge in [0.15, 0.2) is 0 Å². The molecule has 2 N–H and O–H groups in total. The lowest BCUT2D eigenvalue weighted by molar-refractivity contribution is -0.138. The minimum absolute atomic E-state index is 0.0647. The quantitative estimate of drug-likeness (QED) is 0.825. The highest BCUT2D eigenvalue weighted by atomic mass is 16.4. The Morgan fingerprint density at radius 2 is 2.22 bits per heavy atom. The summed E-state index contributed by atoms with van der Waals surface area (Å²) in [7, 11) is 0. The Bertz CT molecular complexity index is 678. The van der Waals surface area contributed by atoms with Gasteiger partial charge < -0.3 is 9.67 Å². The van der Waals surface area contributed by atoms with Gasteiger partial charge in [-0.3, -0.25) is 9.69 Å². The van der Waals surface area contributed by atoms with Gasteiger partial charge in [-0.1, -0.05) is 0 Å². The standard InChI is InChI=1S/C15H20N6O2/c22-15(23)3-10-6-20(8-13(10)14-5-17-19-18-14)7-12-4-16-9-21(12)11-1-2-11/h4-5,9-11,13H,1-3,6-8H2,(H,22,23)(H,17,18,19)/t10-,13+/m0/s1. The number of carbonyl (C=O) groups is 1. The summed E-state index contributed by atoms with van der Waals surface area (Å²) in [5.41, 5.74) is 2.07. The maximum Gasteiger partial charge on any atom is 0.303 e. The molecule has 2 fully saturated rings. The molecule has 0 radical (unpaired) electrons. The number of aromatic nitrogens is 5. The molecule has 1 aliphatic carbocycles. The van der Waals surface area contributed by atoms with Gasteiger partial charge in [-0.2, -0.15) is 15.4 Å². The topological polar surface area (TPSA) is 99.9 Å². The number of H-pyrrole nitrogens is 1. The molecule has 8 heteroatoms. The second-order valence-electron chi connectivity index (χ2n) is 6.58. The van der Waals surface area contributed by atoms with E-state index in [1.54, 1.807) is 6.20 Å². The highest BCUT2D eigenvalue weighted by Gasteiger charge is 2.37. The number of rotatable bonds is 6. The van der Waals surface area contributed by atoms with Crippen LogP contribution >= 0.6 is 0 Å². The smallest absolute Gasteiger partial charge is 0.303 e. The predicted molar refractivity (Wildman–Crippen MR) is 80.6 cm³/mol. The number of hydrogen-bond acceptors (Lipinski definition) is 5. The summed E-state index contributed by atoms with van der Waals surface area (Å²) in [6.45, 7) is 2.38. The number of nitrogens with zero attached hydrogens (tertiary/aromatic N) is 5. The molecule has 2 atom stereocenters. The Balaban J connectivity index is 1.49. The van der Waals surface area contributed by atoms with Crippen molar-refractivity contribution in [1.82, 2.24) is 29.9 Å². The number of likely N-dealkylation sites (tertiary alicyclic amines) is 1. The van der Waals surface area contributed by atoms with Gasteiger partial charge >= 0.3 is 5.97 Å². The van der Waals surface area contributed by atoms with Crippen LogP contribution in [0.15, 0.2) is 18.7 Å². The summed E-state index contributed by atoms with van der Waals surface area (Å²) < 4.78 is 2.26. The second kappa shape index (κ2) is 5.77. The highest BCUT2D eigenvalue weighted by Crippen LogP contribution is 2.37. The van der Waals surface area contributed by atoms with Crippen LogP contribution in [0.3, 0.4) is 0 Å². The lowest BCUT2D eigenvalue weighted by atomic mass is 9.91. The van der Waals surface area contributed by atoms with Crippen molar-refractivity contribution in [3.8, 4) is 0 Å². The lowest BCUT2D eigenvalue weighted by Crippen LogP contribution is -2.22. The van der Waals surface area contributed by atoms with Crippen molar-refractivity contribution in [3.05, 3.63) is 30.1 Å². The third-order valence-electron chi connectivity index (χ3n) is 4.84. The Morgan fingerprint density at radius 1 is 1.35 bits per heavy atom. The van der Waals surface area contributed by atoms with Gasteiger partial charge in [0.2, 0.25) is 0 Å². The molecule has 3 heterocycles. The average Bonchev–Trinajstić information content (AvgIpc) is 2.92. The van der Waals surface area contributed by atoms with Gasteiger partial charge in [0, 0.05) is 37.8 Å². The normalized spacial score (nSPS) is 25.0. The SMILES string of the molecule is O=C(O)C[C@H]1CN(Cc2cncn2C2CC2)C[C@H]1c1cn[nH]n1. The molecule has 0 aromatic carbocycles.